The van der Waals surface area contributed by atoms with Crippen molar-refractivity contribution < 1.29 is 14.3 Å². The molecule has 1 heterocycles. The van der Waals surface area contributed by atoms with E-state index >= 15 is 0 Å². The number of ketones is 2. The fourth-order valence-corrected chi connectivity index (χ4v) is 3.94. The third-order valence-electron chi connectivity index (χ3n) is 5.58. The molecule has 0 spiro atoms. The monoisotopic (exact) mass is 399 g/mol. The summed E-state index contributed by atoms with van der Waals surface area (Å²) in [4.78, 5) is 25.0. The predicted octanol–water partition coefficient (Wildman–Crippen LogP) is 5.57. The molecule has 0 radical (unpaired) electrons. The average Bonchev–Trinajstić information content (AvgIpc) is 3.06. The molecule has 4 rings (SSSR count). The molecule has 0 atom stereocenters. The second kappa shape index (κ2) is 8.25. The summed E-state index contributed by atoms with van der Waals surface area (Å²) >= 11 is 0. The van der Waals surface area contributed by atoms with Gasteiger partial charge in [-0.25, -0.2) is 0 Å². The van der Waals surface area contributed by atoms with Gasteiger partial charge in [0, 0.05) is 58.8 Å². The maximum Gasteiger partial charge on any atom is 0.193 e. The Morgan fingerprint density at radius 1 is 0.833 bits per heavy atom. The molecule has 0 bridgehead atoms. The van der Waals surface area contributed by atoms with Crippen molar-refractivity contribution >= 4 is 33.4 Å². The molecule has 4 nitrogen and oxygen atoms in total. The van der Waals surface area contributed by atoms with Crippen molar-refractivity contribution in [1.82, 2.24) is 4.57 Å². The van der Waals surface area contributed by atoms with Crippen LogP contribution in [-0.4, -0.2) is 29.9 Å². The van der Waals surface area contributed by atoms with E-state index in [-0.39, 0.29) is 11.6 Å². The standard InChI is InChI=1S/C26H25NO3/c1-17-5-7-19(8-6-17)26(29)21-10-12-25-23(16-21)22-15-20(18(2)28)9-11-24(22)27(25)13-4-14-30-3/h5-12,15-16H,4,13-14H2,1-3H3. The van der Waals surface area contributed by atoms with E-state index in [0.29, 0.717) is 23.3 Å². The SMILES string of the molecule is COCCCn1c2ccc(C(C)=O)cc2c2cc(C(=O)c3ccc(C)cc3)ccc21. The Bertz CT molecular complexity index is 1250. The van der Waals surface area contributed by atoms with E-state index < -0.39 is 0 Å². The second-order valence-corrected chi connectivity index (χ2v) is 7.71. The summed E-state index contributed by atoms with van der Waals surface area (Å²) in [5.41, 5.74) is 5.24. The van der Waals surface area contributed by atoms with Crippen LogP contribution in [0.4, 0.5) is 0 Å². The van der Waals surface area contributed by atoms with Gasteiger partial charge in [-0.3, -0.25) is 9.59 Å². The lowest BCUT2D eigenvalue weighted by Crippen LogP contribution is -2.03. The molecule has 0 amide bonds. The molecule has 152 valence electrons. The van der Waals surface area contributed by atoms with E-state index in [0.717, 1.165) is 40.3 Å². The van der Waals surface area contributed by atoms with Crippen LogP contribution in [0, 0.1) is 6.92 Å². The number of ether oxygens (including phenoxy) is 1. The highest BCUT2D eigenvalue weighted by Gasteiger charge is 2.16. The quantitative estimate of drug-likeness (QED) is 0.301. The average molecular weight is 399 g/mol. The van der Waals surface area contributed by atoms with Gasteiger partial charge in [0.1, 0.15) is 0 Å². The number of nitrogens with zero attached hydrogens (tertiary/aromatic N) is 1. The number of benzene rings is 3. The van der Waals surface area contributed by atoms with Gasteiger partial charge in [0.15, 0.2) is 11.6 Å². The number of aryl methyl sites for hydroxylation is 2. The maximum absolute atomic E-state index is 13.1. The van der Waals surface area contributed by atoms with Crippen LogP contribution < -0.4 is 0 Å². The van der Waals surface area contributed by atoms with Gasteiger partial charge in [0.2, 0.25) is 0 Å². The molecule has 1 aromatic heterocycles. The van der Waals surface area contributed by atoms with E-state index in [1.165, 1.54) is 0 Å². The molecule has 0 unspecified atom stereocenters. The maximum atomic E-state index is 13.1. The van der Waals surface area contributed by atoms with Gasteiger partial charge in [0.25, 0.3) is 0 Å². The zero-order valence-electron chi connectivity index (χ0n) is 17.6. The molecule has 0 aliphatic rings. The molecule has 0 fully saturated rings. The van der Waals surface area contributed by atoms with Gasteiger partial charge in [-0.15, -0.1) is 0 Å². The highest BCUT2D eigenvalue weighted by Crippen LogP contribution is 2.31. The van der Waals surface area contributed by atoms with Gasteiger partial charge in [-0.05, 0) is 56.7 Å². The summed E-state index contributed by atoms with van der Waals surface area (Å²) in [5.74, 6) is 0.0315. The zero-order valence-corrected chi connectivity index (χ0v) is 17.6. The number of methoxy groups -OCH3 is 1. The van der Waals surface area contributed by atoms with Gasteiger partial charge in [0.05, 0.1) is 0 Å². The number of fused-ring (bicyclic) bond motifs is 3. The minimum absolute atomic E-state index is 0.0000875. The highest BCUT2D eigenvalue weighted by molar-refractivity contribution is 6.15. The largest absolute Gasteiger partial charge is 0.385 e. The Hall–Kier alpha value is -3.24. The van der Waals surface area contributed by atoms with Crippen LogP contribution in [-0.2, 0) is 11.3 Å². The lowest BCUT2D eigenvalue weighted by Gasteiger charge is -2.08. The smallest absolute Gasteiger partial charge is 0.193 e. The van der Waals surface area contributed by atoms with Crippen LogP contribution in [0.2, 0.25) is 0 Å². The van der Waals surface area contributed by atoms with Crippen LogP contribution in [0.25, 0.3) is 21.8 Å². The van der Waals surface area contributed by atoms with E-state index in [4.69, 9.17) is 4.74 Å². The summed E-state index contributed by atoms with van der Waals surface area (Å²) in [7, 11) is 1.70. The van der Waals surface area contributed by atoms with Gasteiger partial charge < -0.3 is 9.30 Å². The molecule has 4 aromatic rings. The van der Waals surface area contributed by atoms with Crippen molar-refractivity contribution in [2.75, 3.05) is 13.7 Å². The van der Waals surface area contributed by atoms with Crippen LogP contribution in [0.15, 0.2) is 60.7 Å². The summed E-state index contributed by atoms with van der Waals surface area (Å²) in [5, 5.41) is 1.98. The molecule has 0 N–H and O–H groups in total. The van der Waals surface area contributed by atoms with Crippen LogP contribution in [0.3, 0.4) is 0 Å². The Labute approximate surface area is 176 Å². The van der Waals surface area contributed by atoms with E-state index in [9.17, 15) is 9.59 Å². The number of aromatic nitrogens is 1. The lowest BCUT2D eigenvalue weighted by atomic mass is 10.00. The first-order valence-corrected chi connectivity index (χ1v) is 10.2. The van der Waals surface area contributed by atoms with Gasteiger partial charge in [-0.1, -0.05) is 29.8 Å². The molecule has 0 aliphatic carbocycles. The Balaban J connectivity index is 1.87. The topological polar surface area (TPSA) is 48.3 Å². The number of rotatable bonds is 7. The van der Waals surface area contributed by atoms with E-state index in [1.807, 2.05) is 67.6 Å². The lowest BCUT2D eigenvalue weighted by molar-refractivity contribution is 0.101. The van der Waals surface area contributed by atoms with Gasteiger partial charge in [-0.2, -0.15) is 0 Å². The van der Waals surface area contributed by atoms with Crippen LogP contribution in [0.1, 0.15) is 45.2 Å². The normalized spacial score (nSPS) is 11.3. The van der Waals surface area contributed by atoms with Crippen LogP contribution in [0.5, 0.6) is 0 Å². The fourth-order valence-electron chi connectivity index (χ4n) is 3.94. The molecule has 4 heteroatoms. The molecule has 0 saturated carbocycles. The first-order valence-electron chi connectivity index (χ1n) is 10.2. The number of Topliss-reactive ketones (excluding diaryl/α,β-unsaturated/α-hetero) is 1. The molecular weight excluding hydrogens is 374 g/mol. The minimum atomic E-state index is -0.0000875. The molecule has 0 aliphatic heterocycles. The van der Waals surface area contributed by atoms with Gasteiger partial charge >= 0.3 is 0 Å². The third kappa shape index (κ3) is 3.66. The van der Waals surface area contributed by atoms with Crippen molar-refractivity contribution in [3.8, 4) is 0 Å². The van der Waals surface area contributed by atoms with Crippen molar-refractivity contribution in [3.05, 3.63) is 82.9 Å². The summed E-state index contributed by atoms with van der Waals surface area (Å²) in [6, 6.07) is 19.3. The Kier molecular flexibility index (Phi) is 5.51. The summed E-state index contributed by atoms with van der Waals surface area (Å²) < 4.78 is 7.46. The van der Waals surface area contributed by atoms with Crippen molar-refractivity contribution in [3.63, 3.8) is 0 Å². The van der Waals surface area contributed by atoms with Crippen LogP contribution >= 0.6 is 0 Å². The Morgan fingerprint density at radius 2 is 1.40 bits per heavy atom. The predicted molar refractivity (Wildman–Crippen MR) is 121 cm³/mol. The minimum Gasteiger partial charge on any atom is -0.385 e. The summed E-state index contributed by atoms with van der Waals surface area (Å²) in [6.07, 6.45) is 0.883. The van der Waals surface area contributed by atoms with E-state index in [2.05, 4.69) is 4.57 Å². The Morgan fingerprint density at radius 3 is 2.00 bits per heavy atom. The number of hydrogen-bond acceptors (Lipinski definition) is 3. The second-order valence-electron chi connectivity index (χ2n) is 7.71. The third-order valence-corrected chi connectivity index (χ3v) is 5.58. The van der Waals surface area contributed by atoms with Crippen molar-refractivity contribution in [2.45, 2.75) is 26.8 Å². The highest BCUT2D eigenvalue weighted by atomic mass is 16.5. The molecular formula is C26H25NO3. The molecule has 0 saturated heterocycles. The number of hydrogen-bond donors (Lipinski definition) is 0. The molecule has 3 aromatic carbocycles. The summed E-state index contributed by atoms with van der Waals surface area (Å²) in [6.45, 7) is 5.06. The van der Waals surface area contributed by atoms with Crippen molar-refractivity contribution in [2.24, 2.45) is 0 Å². The number of carbonyl (C=O) groups excluding carboxylic acids is 2. The number of carbonyl (C=O) groups is 2. The zero-order chi connectivity index (χ0) is 21.3. The van der Waals surface area contributed by atoms with Crippen molar-refractivity contribution in [1.29, 1.82) is 0 Å². The fraction of sp³-hybridized carbons (Fsp3) is 0.231. The first-order chi connectivity index (χ1) is 14.5. The first kappa shape index (κ1) is 20.0. The van der Waals surface area contributed by atoms with E-state index in [1.54, 1.807) is 14.0 Å². The molecule has 30 heavy (non-hydrogen) atoms.